The summed E-state index contributed by atoms with van der Waals surface area (Å²) in [5, 5.41) is 6.36. The van der Waals surface area contributed by atoms with Gasteiger partial charge in [-0.1, -0.05) is 40.2 Å². The smallest absolute Gasteiger partial charge is 0.224 e. The Balaban J connectivity index is 1.14. The number of carbonyl (C=O) groups excluding carboxylic acids is 2. The summed E-state index contributed by atoms with van der Waals surface area (Å²) < 4.78 is 1.06. The van der Waals surface area contributed by atoms with Crippen LogP contribution < -0.4 is 10.6 Å². The minimum Gasteiger partial charge on any atom is -0.356 e. The van der Waals surface area contributed by atoms with Crippen molar-refractivity contribution in [1.29, 1.82) is 0 Å². The number of halogens is 1. The maximum absolute atomic E-state index is 13.3. The molecule has 1 spiro atoms. The molecule has 5 rings (SSSR count). The largest absolute Gasteiger partial charge is 0.356 e. The predicted molar refractivity (Wildman–Crippen MR) is 134 cm³/mol. The van der Waals surface area contributed by atoms with Crippen LogP contribution in [-0.2, 0) is 16.0 Å². The molecule has 6 heteroatoms. The van der Waals surface area contributed by atoms with Crippen molar-refractivity contribution in [2.24, 2.45) is 29.1 Å². The van der Waals surface area contributed by atoms with Gasteiger partial charge < -0.3 is 15.5 Å². The average molecular weight is 515 g/mol. The lowest BCUT2D eigenvalue weighted by Gasteiger charge is -2.26. The molecular formula is C27H36BrN3O2. The Kier molecular flexibility index (Phi) is 6.94. The van der Waals surface area contributed by atoms with Crippen molar-refractivity contribution in [2.45, 2.75) is 44.9 Å². The van der Waals surface area contributed by atoms with Crippen molar-refractivity contribution < 1.29 is 9.59 Å². The van der Waals surface area contributed by atoms with Crippen LogP contribution in [0.2, 0.25) is 0 Å². The lowest BCUT2D eigenvalue weighted by Crippen LogP contribution is -2.44. The first kappa shape index (κ1) is 23.1. The molecule has 3 fully saturated rings. The minimum atomic E-state index is -0.225. The van der Waals surface area contributed by atoms with Crippen LogP contribution in [0.1, 0.15) is 44.1 Å². The molecule has 1 aliphatic heterocycles. The summed E-state index contributed by atoms with van der Waals surface area (Å²) in [5.74, 6) is 0.165. The van der Waals surface area contributed by atoms with Gasteiger partial charge in [-0.25, -0.2) is 0 Å². The molecule has 1 aromatic rings. The van der Waals surface area contributed by atoms with E-state index in [4.69, 9.17) is 0 Å². The van der Waals surface area contributed by atoms with E-state index in [2.05, 4.69) is 55.7 Å². The van der Waals surface area contributed by atoms with Crippen LogP contribution in [0.15, 0.2) is 40.9 Å². The number of amides is 2. The maximum Gasteiger partial charge on any atom is 0.224 e. The Morgan fingerprint density at radius 1 is 0.909 bits per heavy atom. The number of allylic oxidation sites excluding steroid dienone is 2. The second kappa shape index (κ2) is 9.91. The summed E-state index contributed by atoms with van der Waals surface area (Å²) in [6, 6.07) is 8.21. The molecule has 4 atom stereocenters. The number of hydrogen-bond acceptors (Lipinski definition) is 3. The third kappa shape index (κ3) is 4.79. The molecule has 0 aromatic heterocycles. The number of likely N-dealkylation sites (tertiary alicyclic amines) is 1. The van der Waals surface area contributed by atoms with Crippen LogP contribution in [0, 0.1) is 29.1 Å². The summed E-state index contributed by atoms with van der Waals surface area (Å²) in [4.78, 5) is 29.1. The Morgan fingerprint density at radius 2 is 1.52 bits per heavy atom. The van der Waals surface area contributed by atoms with Crippen LogP contribution in [0.25, 0.3) is 0 Å². The summed E-state index contributed by atoms with van der Waals surface area (Å²) in [6.07, 6.45) is 12.3. The van der Waals surface area contributed by atoms with Gasteiger partial charge in [0.2, 0.25) is 11.8 Å². The fraction of sp³-hybridized carbons (Fsp3) is 0.630. The monoisotopic (exact) mass is 513 g/mol. The highest BCUT2D eigenvalue weighted by Crippen LogP contribution is 2.72. The molecule has 2 N–H and O–H groups in total. The average Bonchev–Trinajstić information content (AvgIpc) is 3.17. The normalized spacial score (nSPS) is 29.0. The van der Waals surface area contributed by atoms with Crippen molar-refractivity contribution in [1.82, 2.24) is 15.5 Å². The Morgan fingerprint density at radius 3 is 2.12 bits per heavy atom. The molecular weight excluding hydrogens is 478 g/mol. The van der Waals surface area contributed by atoms with Crippen LogP contribution in [0.5, 0.6) is 0 Å². The highest BCUT2D eigenvalue weighted by Gasteiger charge is 2.69. The molecule has 178 valence electrons. The zero-order valence-electron chi connectivity index (χ0n) is 19.4. The van der Waals surface area contributed by atoms with Gasteiger partial charge in [0.05, 0.1) is 11.8 Å². The minimum absolute atomic E-state index is 0.0596. The highest BCUT2D eigenvalue weighted by molar-refractivity contribution is 9.10. The molecule has 1 aromatic carbocycles. The summed E-state index contributed by atoms with van der Waals surface area (Å²) in [7, 11) is 0. The van der Waals surface area contributed by atoms with Gasteiger partial charge in [-0.2, -0.15) is 0 Å². The fourth-order valence-corrected chi connectivity index (χ4v) is 6.87. The van der Waals surface area contributed by atoms with Gasteiger partial charge in [0.25, 0.3) is 0 Å². The Bertz CT molecular complexity index is 889. The zero-order chi connectivity index (χ0) is 22.8. The molecule has 2 bridgehead atoms. The van der Waals surface area contributed by atoms with Crippen LogP contribution in [0.3, 0.4) is 0 Å². The van der Waals surface area contributed by atoms with E-state index in [0.29, 0.717) is 6.54 Å². The summed E-state index contributed by atoms with van der Waals surface area (Å²) in [5.41, 5.74) is 1.39. The molecule has 33 heavy (non-hydrogen) atoms. The topological polar surface area (TPSA) is 61.4 Å². The van der Waals surface area contributed by atoms with Gasteiger partial charge in [0, 0.05) is 17.6 Å². The van der Waals surface area contributed by atoms with Crippen molar-refractivity contribution >= 4 is 27.7 Å². The molecule has 5 nitrogen and oxygen atoms in total. The molecule has 1 saturated heterocycles. The van der Waals surface area contributed by atoms with E-state index in [-0.39, 0.29) is 40.9 Å². The second-order valence-electron chi connectivity index (χ2n) is 10.4. The lowest BCUT2D eigenvalue weighted by molar-refractivity contribution is -0.135. The first-order valence-electron chi connectivity index (χ1n) is 12.8. The molecule has 2 saturated carbocycles. The van der Waals surface area contributed by atoms with Gasteiger partial charge in [-0.15, -0.1) is 0 Å². The number of hydrogen-bond donors (Lipinski definition) is 2. The van der Waals surface area contributed by atoms with Gasteiger partial charge in [0.15, 0.2) is 0 Å². The van der Waals surface area contributed by atoms with Gasteiger partial charge in [-0.3, -0.25) is 9.59 Å². The standard InChI is InChI=1S/C27H36BrN3O2/c28-20-7-5-19(6-8-20)11-15-30-26(33)24-22-10-9-21(27(22)12-13-27)23(24)25(32)29-14-1-2-16-31-17-3-4-18-31/h5-10,21-24H,1-4,11-18H2,(H,29,32)(H,30,33)/t21-,22+,23-,24-/m1/s1. The van der Waals surface area contributed by atoms with E-state index in [0.717, 1.165) is 49.7 Å². The highest BCUT2D eigenvalue weighted by atomic mass is 79.9. The summed E-state index contributed by atoms with van der Waals surface area (Å²) >= 11 is 3.46. The molecule has 0 unspecified atom stereocenters. The fourth-order valence-electron chi connectivity index (χ4n) is 6.60. The van der Waals surface area contributed by atoms with E-state index in [1.807, 2.05) is 12.1 Å². The number of unbranched alkanes of at least 4 members (excludes halogenated alkanes) is 1. The SMILES string of the molecule is O=C(NCCCCN1CCCC1)[C@H]1[C@H](C(=O)NCCc2ccc(Br)cc2)[C@@H]2C=C[C@H]1C21CC1. The number of rotatable bonds is 10. The van der Waals surface area contributed by atoms with Crippen molar-refractivity contribution in [3.05, 3.63) is 46.5 Å². The first-order chi connectivity index (χ1) is 16.1. The van der Waals surface area contributed by atoms with Crippen molar-refractivity contribution in [3.8, 4) is 0 Å². The molecule has 2 amide bonds. The third-order valence-electron chi connectivity index (χ3n) is 8.47. The zero-order valence-corrected chi connectivity index (χ0v) is 21.0. The van der Waals surface area contributed by atoms with Crippen LogP contribution >= 0.6 is 15.9 Å². The van der Waals surface area contributed by atoms with Gasteiger partial charge in [0.1, 0.15) is 0 Å². The molecule has 1 heterocycles. The van der Waals surface area contributed by atoms with Gasteiger partial charge in [-0.05, 0) is 99.5 Å². The van der Waals surface area contributed by atoms with Crippen LogP contribution in [0.4, 0.5) is 0 Å². The number of benzene rings is 1. The van der Waals surface area contributed by atoms with E-state index in [1.165, 1.54) is 31.5 Å². The third-order valence-corrected chi connectivity index (χ3v) is 9.00. The number of nitrogens with one attached hydrogen (secondary N) is 2. The maximum atomic E-state index is 13.3. The van der Waals surface area contributed by atoms with E-state index >= 15 is 0 Å². The van der Waals surface area contributed by atoms with E-state index in [9.17, 15) is 9.59 Å². The predicted octanol–water partition coefficient (Wildman–Crippen LogP) is 3.93. The summed E-state index contributed by atoms with van der Waals surface area (Å²) in [6.45, 7) is 4.92. The van der Waals surface area contributed by atoms with E-state index < -0.39 is 0 Å². The molecule has 4 aliphatic rings. The molecule has 0 radical (unpaired) electrons. The lowest BCUT2D eigenvalue weighted by atomic mass is 9.81. The first-order valence-corrected chi connectivity index (χ1v) is 13.6. The Labute approximate surface area is 205 Å². The van der Waals surface area contributed by atoms with Crippen molar-refractivity contribution in [3.63, 3.8) is 0 Å². The van der Waals surface area contributed by atoms with E-state index in [1.54, 1.807) is 0 Å². The quantitative estimate of drug-likeness (QED) is 0.368. The van der Waals surface area contributed by atoms with Gasteiger partial charge >= 0.3 is 0 Å². The van der Waals surface area contributed by atoms with Crippen LogP contribution in [-0.4, -0.2) is 49.4 Å². The second-order valence-corrected chi connectivity index (χ2v) is 11.4. The molecule has 3 aliphatic carbocycles. The van der Waals surface area contributed by atoms with Crippen molar-refractivity contribution in [2.75, 3.05) is 32.7 Å². The number of carbonyl (C=O) groups is 2. The Hall–Kier alpha value is -1.66. The number of nitrogens with zero attached hydrogens (tertiary/aromatic N) is 1.